The van der Waals surface area contributed by atoms with Gasteiger partial charge in [-0.25, -0.2) is 13.2 Å². The Morgan fingerprint density at radius 2 is 0.765 bits per heavy atom. The van der Waals surface area contributed by atoms with E-state index in [9.17, 15) is 96.6 Å². The minimum absolute atomic E-state index is 5.72. The predicted octanol–water partition coefficient (Wildman–Crippen LogP) is 7.50. The molecule has 0 aromatic carbocycles. The predicted molar refractivity (Wildman–Crippen MR) is 58.7 cm³/mol. The molecule has 0 spiro atoms. The Labute approximate surface area is 169 Å². The lowest BCUT2D eigenvalue weighted by molar-refractivity contribution is -0.437. The highest BCUT2D eigenvalue weighted by Crippen LogP contribution is 2.71. The summed E-state index contributed by atoms with van der Waals surface area (Å²) < 4.78 is 290. The van der Waals surface area contributed by atoms with E-state index in [0.29, 0.717) is 0 Å². The molecule has 0 radical (unpaired) electrons. The minimum Gasteiger partial charge on any atom is -0.224 e. The molecule has 1 aliphatic carbocycles. The lowest BCUT2D eigenvalue weighted by Gasteiger charge is -2.50. The van der Waals surface area contributed by atoms with Crippen LogP contribution in [0.4, 0.5) is 96.6 Å². The Morgan fingerprint density at radius 3 is 1.03 bits per heavy atom. The van der Waals surface area contributed by atoms with Crippen LogP contribution in [0.1, 0.15) is 0 Å². The fourth-order valence-electron chi connectivity index (χ4n) is 2.65. The maximum absolute atomic E-state index is 14.6. The van der Waals surface area contributed by atoms with Gasteiger partial charge in [-0.1, -0.05) is 0 Å². The molecule has 0 aromatic heterocycles. The summed E-state index contributed by atoms with van der Waals surface area (Å²) >= 11 is 0. The van der Waals surface area contributed by atoms with E-state index >= 15 is 0 Å². The van der Waals surface area contributed by atoms with Crippen molar-refractivity contribution in [2.75, 3.05) is 0 Å². The van der Waals surface area contributed by atoms with Gasteiger partial charge in [-0.3, -0.25) is 0 Å². The van der Waals surface area contributed by atoms with Gasteiger partial charge < -0.3 is 0 Å². The number of rotatable bonds is 3. The molecule has 2 atom stereocenters. The molecule has 1 aliphatic rings. The van der Waals surface area contributed by atoms with Crippen LogP contribution in [0, 0.1) is 0 Å². The van der Waals surface area contributed by atoms with Crippen molar-refractivity contribution in [3.63, 3.8) is 0 Å². The van der Waals surface area contributed by atoms with Crippen molar-refractivity contribution in [2.24, 2.45) is 0 Å². The molecule has 0 amide bonds. The summed E-state index contributed by atoms with van der Waals surface area (Å²) in [6.07, 6.45) is -26.0. The third-order valence-electron chi connectivity index (χ3n) is 4.38. The van der Waals surface area contributed by atoms with Crippen LogP contribution in [0.3, 0.4) is 0 Å². The van der Waals surface area contributed by atoms with Crippen molar-refractivity contribution in [2.45, 2.75) is 59.5 Å². The molecule has 34 heavy (non-hydrogen) atoms. The first-order chi connectivity index (χ1) is 14.3. The molecule has 0 aromatic rings. The van der Waals surface area contributed by atoms with E-state index in [2.05, 4.69) is 0 Å². The van der Waals surface area contributed by atoms with E-state index in [1.54, 1.807) is 0 Å². The molecular formula is C12F22. The lowest BCUT2D eigenvalue weighted by atomic mass is 9.68. The Bertz CT molecular complexity index is 849. The van der Waals surface area contributed by atoms with Crippen LogP contribution < -0.4 is 0 Å². The number of hydrogen-bond acceptors (Lipinski definition) is 0. The first-order valence-corrected chi connectivity index (χ1v) is 7.16. The van der Waals surface area contributed by atoms with Crippen molar-refractivity contribution in [3.05, 3.63) is 11.4 Å². The average molecular weight is 562 g/mol. The summed E-state index contributed by atoms with van der Waals surface area (Å²) in [7, 11) is 0. The van der Waals surface area contributed by atoms with Crippen molar-refractivity contribution in [1.29, 1.82) is 0 Å². The van der Waals surface area contributed by atoms with Crippen LogP contribution in [0.15, 0.2) is 11.4 Å². The molecule has 1 rings (SSSR count). The summed E-state index contributed by atoms with van der Waals surface area (Å²) in [6, 6.07) is 0. The van der Waals surface area contributed by atoms with E-state index in [1.807, 2.05) is 0 Å². The van der Waals surface area contributed by atoms with Gasteiger partial charge in [0.1, 0.15) is 0 Å². The fraction of sp³-hybridized carbons (Fsp3) is 0.833. The van der Waals surface area contributed by atoms with Crippen LogP contribution in [-0.4, -0.2) is 59.5 Å². The quantitative estimate of drug-likeness (QED) is 0.313. The van der Waals surface area contributed by atoms with Gasteiger partial charge in [-0.15, -0.1) is 0 Å². The van der Waals surface area contributed by atoms with Crippen LogP contribution in [0.25, 0.3) is 0 Å². The zero-order valence-electron chi connectivity index (χ0n) is 14.3. The summed E-state index contributed by atoms with van der Waals surface area (Å²) in [5.74, 6) is -47.4. The maximum atomic E-state index is 14.6. The van der Waals surface area contributed by atoms with E-state index in [0.717, 1.165) is 0 Å². The van der Waals surface area contributed by atoms with Crippen molar-refractivity contribution < 1.29 is 96.6 Å². The molecule has 0 N–H and O–H groups in total. The molecule has 0 saturated carbocycles. The zero-order valence-corrected chi connectivity index (χ0v) is 14.3. The highest BCUT2D eigenvalue weighted by Gasteiger charge is 2.99. The van der Waals surface area contributed by atoms with Crippen LogP contribution in [0.5, 0.6) is 0 Å². The molecular weight excluding hydrogens is 562 g/mol. The standard InChI is InChI=1S/C12F22/c13-2-1(4(15,16)7(20,21)8(22,23)5(2,17)18)3(14,10(26,27)28)6(19,11(29,30)31)9(24,25)12(32,33)34. The van der Waals surface area contributed by atoms with E-state index in [-0.39, 0.29) is 0 Å². The van der Waals surface area contributed by atoms with E-state index in [4.69, 9.17) is 0 Å². The minimum atomic E-state index is -9.38. The van der Waals surface area contributed by atoms with Crippen molar-refractivity contribution >= 4 is 0 Å². The van der Waals surface area contributed by atoms with Crippen molar-refractivity contribution in [1.82, 2.24) is 0 Å². The maximum Gasteiger partial charge on any atom is 0.457 e. The number of alkyl halides is 21. The smallest absolute Gasteiger partial charge is 0.224 e. The molecule has 202 valence electrons. The topological polar surface area (TPSA) is 0 Å². The summed E-state index contributed by atoms with van der Waals surface area (Å²) in [5.41, 5.74) is -24.7. The fourth-order valence-corrected chi connectivity index (χ4v) is 2.65. The molecule has 0 fully saturated rings. The Morgan fingerprint density at radius 1 is 0.441 bits per heavy atom. The van der Waals surface area contributed by atoms with Gasteiger partial charge in [0, 0.05) is 0 Å². The Balaban J connectivity index is 4.60. The Hall–Kier alpha value is -1.80. The van der Waals surface area contributed by atoms with Crippen molar-refractivity contribution in [3.8, 4) is 0 Å². The van der Waals surface area contributed by atoms with Crippen LogP contribution >= 0.6 is 0 Å². The molecule has 0 aliphatic heterocycles. The van der Waals surface area contributed by atoms with Gasteiger partial charge in [0.15, 0.2) is 5.83 Å². The SMILES string of the molecule is FC1=C(C(F)(C(F)(F)F)C(F)(C(F)(F)F)C(F)(F)C(F)(F)F)C(F)(F)C(F)(F)C(F)(F)C1(F)F. The van der Waals surface area contributed by atoms with Crippen LogP contribution in [0.2, 0.25) is 0 Å². The summed E-state index contributed by atoms with van der Waals surface area (Å²) in [6.45, 7) is 0. The number of allylic oxidation sites excluding steroid dienone is 2. The second-order valence-corrected chi connectivity index (χ2v) is 6.37. The average Bonchev–Trinajstić information content (AvgIpc) is 2.55. The van der Waals surface area contributed by atoms with E-state index in [1.165, 1.54) is 0 Å². The summed E-state index contributed by atoms with van der Waals surface area (Å²) in [4.78, 5) is 0. The molecule has 0 heterocycles. The molecule has 0 nitrogen and oxygen atoms in total. The van der Waals surface area contributed by atoms with E-state index < -0.39 is 70.9 Å². The van der Waals surface area contributed by atoms with Gasteiger partial charge in [0.2, 0.25) is 0 Å². The highest BCUT2D eigenvalue weighted by atomic mass is 19.4. The summed E-state index contributed by atoms with van der Waals surface area (Å²) in [5, 5.41) is 0. The first kappa shape index (κ1) is 30.2. The van der Waals surface area contributed by atoms with Gasteiger partial charge in [-0.2, -0.15) is 83.4 Å². The molecule has 0 saturated heterocycles. The normalized spacial score (nSPS) is 26.6. The number of halogens is 22. The van der Waals surface area contributed by atoms with Gasteiger partial charge in [0.25, 0.3) is 5.67 Å². The lowest BCUT2D eigenvalue weighted by Crippen LogP contribution is -2.79. The van der Waals surface area contributed by atoms with Gasteiger partial charge in [0.05, 0.1) is 5.57 Å². The third-order valence-corrected chi connectivity index (χ3v) is 4.38. The zero-order chi connectivity index (χ0) is 28.2. The largest absolute Gasteiger partial charge is 0.457 e. The molecule has 0 bridgehead atoms. The van der Waals surface area contributed by atoms with Crippen LogP contribution in [-0.2, 0) is 0 Å². The second-order valence-electron chi connectivity index (χ2n) is 6.37. The monoisotopic (exact) mass is 562 g/mol. The third kappa shape index (κ3) is 3.03. The molecule has 2 unspecified atom stereocenters. The van der Waals surface area contributed by atoms with Gasteiger partial charge >= 0.3 is 53.8 Å². The van der Waals surface area contributed by atoms with Gasteiger partial charge in [-0.05, 0) is 0 Å². The highest BCUT2D eigenvalue weighted by molar-refractivity contribution is 5.46. The number of hydrogen-bond donors (Lipinski definition) is 0. The second kappa shape index (κ2) is 6.90. The first-order valence-electron chi connectivity index (χ1n) is 7.16. The Kier molecular flexibility index (Phi) is 6.14. The molecule has 22 heteroatoms.